The highest BCUT2D eigenvalue weighted by molar-refractivity contribution is 9.10. The second kappa shape index (κ2) is 5.89. The lowest BCUT2D eigenvalue weighted by Gasteiger charge is -2.31. The van der Waals surface area contributed by atoms with Crippen molar-refractivity contribution in [1.29, 1.82) is 0 Å². The Balaban J connectivity index is 1.85. The minimum atomic E-state index is 0.430. The van der Waals surface area contributed by atoms with E-state index < -0.39 is 0 Å². The number of thiocarbonyl (C=S) groups is 1. The summed E-state index contributed by atoms with van der Waals surface area (Å²) in [6, 6.07) is 4.09. The molecule has 1 saturated heterocycles. The molecule has 1 aliphatic heterocycles. The highest BCUT2D eigenvalue weighted by Crippen LogP contribution is 2.19. The molecule has 0 atom stereocenters. The number of hydrogen-bond donors (Lipinski definition) is 1. The Kier molecular flexibility index (Phi) is 4.48. The molecule has 0 aromatic carbocycles. The van der Waals surface area contributed by atoms with Crippen LogP contribution in [-0.2, 0) is 6.54 Å². The molecule has 1 aromatic heterocycles. The Hall–Kier alpha value is -0.520. The Morgan fingerprint density at radius 1 is 1.47 bits per heavy atom. The number of nitrogens with two attached hydrogens (primary N) is 1. The summed E-state index contributed by atoms with van der Waals surface area (Å²) in [6.07, 6.45) is 3.99. The molecule has 2 rings (SSSR count). The lowest BCUT2D eigenvalue weighted by Crippen LogP contribution is -2.37. The van der Waals surface area contributed by atoms with Gasteiger partial charge in [-0.2, -0.15) is 0 Å². The zero-order valence-corrected chi connectivity index (χ0v) is 12.0. The van der Waals surface area contributed by atoms with Gasteiger partial charge in [-0.05, 0) is 54.0 Å². The highest BCUT2D eigenvalue weighted by Gasteiger charge is 2.21. The third kappa shape index (κ3) is 3.72. The normalized spacial score (nSPS) is 18.2. The Labute approximate surface area is 116 Å². The van der Waals surface area contributed by atoms with Gasteiger partial charge in [0.2, 0.25) is 0 Å². The van der Waals surface area contributed by atoms with Crippen LogP contribution in [0.5, 0.6) is 0 Å². The van der Waals surface area contributed by atoms with Gasteiger partial charge in [0.15, 0.2) is 0 Å². The van der Waals surface area contributed by atoms with E-state index >= 15 is 0 Å². The molecule has 0 saturated carbocycles. The van der Waals surface area contributed by atoms with E-state index in [1.807, 2.05) is 12.3 Å². The molecule has 0 amide bonds. The minimum absolute atomic E-state index is 0.430. The third-order valence-electron chi connectivity index (χ3n) is 3.16. The Bertz CT molecular complexity index is 385. The van der Waals surface area contributed by atoms with Gasteiger partial charge in [-0.15, -0.1) is 0 Å². The molecule has 0 aliphatic carbocycles. The van der Waals surface area contributed by atoms with Gasteiger partial charge in [-0.25, -0.2) is 0 Å². The first-order valence-electron chi connectivity index (χ1n) is 5.77. The average molecular weight is 314 g/mol. The number of likely N-dealkylation sites (tertiary alicyclic amines) is 1. The van der Waals surface area contributed by atoms with Crippen molar-refractivity contribution >= 4 is 33.1 Å². The summed E-state index contributed by atoms with van der Waals surface area (Å²) >= 11 is 8.43. The van der Waals surface area contributed by atoms with Gasteiger partial charge in [0.25, 0.3) is 0 Å². The molecule has 0 unspecified atom stereocenters. The van der Waals surface area contributed by atoms with Gasteiger partial charge in [-0.3, -0.25) is 9.88 Å². The summed E-state index contributed by atoms with van der Waals surface area (Å²) in [6.45, 7) is 3.02. The van der Waals surface area contributed by atoms with Crippen molar-refractivity contribution in [2.24, 2.45) is 11.7 Å². The van der Waals surface area contributed by atoms with E-state index in [9.17, 15) is 0 Å². The van der Waals surface area contributed by atoms with Crippen LogP contribution in [0.3, 0.4) is 0 Å². The minimum Gasteiger partial charge on any atom is -0.393 e. The molecule has 92 valence electrons. The van der Waals surface area contributed by atoms with Crippen molar-refractivity contribution in [3.63, 3.8) is 0 Å². The molecular weight excluding hydrogens is 298 g/mol. The van der Waals surface area contributed by atoms with Gasteiger partial charge in [0, 0.05) is 23.1 Å². The maximum atomic E-state index is 5.68. The zero-order chi connectivity index (χ0) is 12.3. The quantitative estimate of drug-likeness (QED) is 0.870. The predicted molar refractivity (Wildman–Crippen MR) is 76.7 cm³/mol. The Morgan fingerprint density at radius 2 is 2.18 bits per heavy atom. The summed E-state index contributed by atoms with van der Waals surface area (Å²) in [7, 11) is 0. The van der Waals surface area contributed by atoms with Crippen LogP contribution in [0.1, 0.15) is 18.5 Å². The fourth-order valence-electron chi connectivity index (χ4n) is 2.10. The van der Waals surface area contributed by atoms with Crippen LogP contribution in [0.25, 0.3) is 0 Å². The van der Waals surface area contributed by atoms with Crippen molar-refractivity contribution in [3.05, 3.63) is 28.5 Å². The summed E-state index contributed by atoms with van der Waals surface area (Å²) in [5.41, 5.74) is 6.79. The molecule has 5 heteroatoms. The number of halogens is 1. The lowest BCUT2D eigenvalue weighted by atomic mass is 9.97. The number of pyridine rings is 1. The van der Waals surface area contributed by atoms with Crippen LogP contribution in [-0.4, -0.2) is 28.0 Å². The maximum absolute atomic E-state index is 5.68. The summed E-state index contributed by atoms with van der Waals surface area (Å²) in [4.78, 5) is 7.47. The van der Waals surface area contributed by atoms with Crippen molar-refractivity contribution in [2.75, 3.05) is 13.1 Å². The molecule has 1 aromatic rings. The number of rotatable bonds is 3. The van der Waals surface area contributed by atoms with Gasteiger partial charge in [0.05, 0.1) is 10.7 Å². The van der Waals surface area contributed by atoms with E-state index in [0.717, 1.165) is 42.6 Å². The van der Waals surface area contributed by atoms with Crippen molar-refractivity contribution in [1.82, 2.24) is 9.88 Å². The van der Waals surface area contributed by atoms with E-state index in [1.54, 1.807) is 0 Å². The summed E-state index contributed by atoms with van der Waals surface area (Å²) < 4.78 is 1.02. The fraction of sp³-hybridized carbons (Fsp3) is 0.500. The number of aromatic nitrogens is 1. The van der Waals surface area contributed by atoms with E-state index in [-0.39, 0.29) is 0 Å². The molecule has 2 N–H and O–H groups in total. The van der Waals surface area contributed by atoms with Crippen molar-refractivity contribution in [3.8, 4) is 0 Å². The molecule has 0 radical (unpaired) electrons. The topological polar surface area (TPSA) is 42.1 Å². The van der Waals surface area contributed by atoms with Crippen LogP contribution < -0.4 is 5.73 Å². The largest absolute Gasteiger partial charge is 0.393 e. The van der Waals surface area contributed by atoms with E-state index in [2.05, 4.69) is 31.9 Å². The first-order chi connectivity index (χ1) is 8.15. The van der Waals surface area contributed by atoms with Crippen molar-refractivity contribution < 1.29 is 0 Å². The lowest BCUT2D eigenvalue weighted by molar-refractivity contribution is 0.200. The van der Waals surface area contributed by atoms with Crippen LogP contribution in [0.2, 0.25) is 0 Å². The molecule has 17 heavy (non-hydrogen) atoms. The van der Waals surface area contributed by atoms with Gasteiger partial charge in [0.1, 0.15) is 0 Å². The van der Waals surface area contributed by atoms with Crippen LogP contribution in [0.15, 0.2) is 22.8 Å². The first kappa shape index (κ1) is 12.9. The molecule has 0 spiro atoms. The first-order valence-corrected chi connectivity index (χ1v) is 6.97. The highest BCUT2D eigenvalue weighted by atomic mass is 79.9. The number of nitrogens with zero attached hydrogens (tertiary/aromatic N) is 2. The maximum Gasteiger partial charge on any atom is 0.0759 e. The fourth-order valence-corrected chi connectivity index (χ4v) is 2.57. The summed E-state index contributed by atoms with van der Waals surface area (Å²) in [5.74, 6) is 0.430. The van der Waals surface area contributed by atoms with Crippen molar-refractivity contribution in [2.45, 2.75) is 19.4 Å². The zero-order valence-electron chi connectivity index (χ0n) is 9.60. The smallest absolute Gasteiger partial charge is 0.0759 e. The molecule has 2 heterocycles. The van der Waals surface area contributed by atoms with Gasteiger partial charge in [-0.1, -0.05) is 12.2 Å². The van der Waals surface area contributed by atoms with E-state index in [1.165, 1.54) is 0 Å². The third-order valence-corrected chi connectivity index (χ3v) is 3.97. The monoisotopic (exact) mass is 313 g/mol. The van der Waals surface area contributed by atoms with Crippen LogP contribution in [0.4, 0.5) is 0 Å². The van der Waals surface area contributed by atoms with E-state index in [4.69, 9.17) is 18.0 Å². The van der Waals surface area contributed by atoms with Crippen LogP contribution in [0, 0.1) is 5.92 Å². The average Bonchev–Trinajstić information content (AvgIpc) is 2.33. The van der Waals surface area contributed by atoms with E-state index in [0.29, 0.717) is 10.9 Å². The molecule has 0 bridgehead atoms. The number of piperidine rings is 1. The molecular formula is C12H16BrN3S. The molecule has 1 aliphatic rings. The summed E-state index contributed by atoms with van der Waals surface area (Å²) in [5, 5.41) is 0. The SMILES string of the molecule is NC(=S)C1CCN(Cc2ccc(Br)cn2)CC1. The molecule has 1 fully saturated rings. The predicted octanol–water partition coefficient (Wildman–Crippen LogP) is 2.34. The second-order valence-corrected chi connectivity index (χ2v) is 5.81. The number of hydrogen-bond acceptors (Lipinski definition) is 3. The van der Waals surface area contributed by atoms with Gasteiger partial charge < -0.3 is 5.73 Å². The second-order valence-electron chi connectivity index (χ2n) is 4.42. The van der Waals surface area contributed by atoms with Gasteiger partial charge >= 0.3 is 0 Å². The Morgan fingerprint density at radius 3 is 2.71 bits per heavy atom. The van der Waals surface area contributed by atoms with Crippen LogP contribution >= 0.6 is 28.1 Å². The standard InChI is InChI=1S/C12H16BrN3S/c13-10-1-2-11(15-7-10)8-16-5-3-9(4-6-16)12(14)17/h1-2,7,9H,3-6,8H2,(H2,14,17). The molecule has 3 nitrogen and oxygen atoms in total.